The molecular formula is C21H18N2O3. The third-order valence-corrected chi connectivity index (χ3v) is 4.61. The van der Waals surface area contributed by atoms with Crippen molar-refractivity contribution in [2.24, 2.45) is 5.73 Å². The SMILES string of the molecule is NC(=O)C1CN(C(=O)Cc2cccc3ccccc23)c2ccccc2O1. The zero-order valence-corrected chi connectivity index (χ0v) is 14.1. The molecule has 5 nitrogen and oxygen atoms in total. The highest BCUT2D eigenvalue weighted by Gasteiger charge is 2.32. The van der Waals surface area contributed by atoms with Gasteiger partial charge in [0.2, 0.25) is 5.91 Å². The summed E-state index contributed by atoms with van der Waals surface area (Å²) < 4.78 is 5.63. The summed E-state index contributed by atoms with van der Waals surface area (Å²) in [4.78, 5) is 26.3. The highest BCUT2D eigenvalue weighted by molar-refractivity contribution is 6.00. The lowest BCUT2D eigenvalue weighted by Gasteiger charge is -2.33. The first-order valence-electron chi connectivity index (χ1n) is 8.45. The molecule has 26 heavy (non-hydrogen) atoms. The number of anilines is 1. The number of benzene rings is 3. The van der Waals surface area contributed by atoms with Gasteiger partial charge in [-0.3, -0.25) is 9.59 Å². The van der Waals surface area contributed by atoms with Crippen LogP contribution in [0.5, 0.6) is 5.75 Å². The van der Waals surface area contributed by atoms with E-state index in [4.69, 9.17) is 10.5 Å². The summed E-state index contributed by atoms with van der Waals surface area (Å²) in [5.74, 6) is -0.181. The Morgan fingerprint density at radius 2 is 1.73 bits per heavy atom. The lowest BCUT2D eigenvalue weighted by Crippen LogP contribution is -2.49. The van der Waals surface area contributed by atoms with E-state index in [1.807, 2.05) is 54.6 Å². The van der Waals surface area contributed by atoms with E-state index in [0.717, 1.165) is 16.3 Å². The van der Waals surface area contributed by atoms with E-state index in [9.17, 15) is 9.59 Å². The molecule has 0 aromatic heterocycles. The van der Waals surface area contributed by atoms with Gasteiger partial charge in [-0.1, -0.05) is 54.6 Å². The molecule has 0 radical (unpaired) electrons. The summed E-state index contributed by atoms with van der Waals surface area (Å²) in [5.41, 5.74) is 7.03. The maximum absolute atomic E-state index is 13.1. The van der Waals surface area contributed by atoms with Gasteiger partial charge < -0.3 is 15.4 Å². The lowest BCUT2D eigenvalue weighted by atomic mass is 10.0. The molecule has 0 saturated heterocycles. The smallest absolute Gasteiger partial charge is 0.260 e. The third-order valence-electron chi connectivity index (χ3n) is 4.61. The molecule has 5 heteroatoms. The Morgan fingerprint density at radius 3 is 2.58 bits per heavy atom. The fourth-order valence-electron chi connectivity index (χ4n) is 3.32. The Labute approximate surface area is 151 Å². The van der Waals surface area contributed by atoms with Crippen molar-refractivity contribution in [2.45, 2.75) is 12.5 Å². The van der Waals surface area contributed by atoms with Crippen molar-refractivity contribution in [1.29, 1.82) is 0 Å². The number of nitrogens with two attached hydrogens (primary N) is 1. The summed E-state index contributed by atoms with van der Waals surface area (Å²) in [5, 5.41) is 2.14. The molecule has 1 heterocycles. The number of ether oxygens (including phenoxy) is 1. The van der Waals surface area contributed by atoms with Gasteiger partial charge in [-0.15, -0.1) is 0 Å². The molecule has 1 aliphatic heterocycles. The maximum atomic E-state index is 13.1. The van der Waals surface area contributed by atoms with E-state index in [1.54, 1.807) is 17.0 Å². The fraction of sp³-hybridized carbons (Fsp3) is 0.143. The first kappa shape index (κ1) is 16.1. The fourth-order valence-corrected chi connectivity index (χ4v) is 3.32. The van der Waals surface area contributed by atoms with Crippen molar-refractivity contribution in [1.82, 2.24) is 0 Å². The van der Waals surface area contributed by atoms with E-state index >= 15 is 0 Å². The Hall–Kier alpha value is -3.34. The van der Waals surface area contributed by atoms with Crippen LogP contribution in [0, 0.1) is 0 Å². The Kier molecular flexibility index (Phi) is 4.05. The zero-order chi connectivity index (χ0) is 18.1. The highest BCUT2D eigenvalue weighted by Crippen LogP contribution is 2.33. The van der Waals surface area contributed by atoms with Crippen LogP contribution in [0.4, 0.5) is 5.69 Å². The van der Waals surface area contributed by atoms with Gasteiger partial charge in [0, 0.05) is 0 Å². The topological polar surface area (TPSA) is 72.6 Å². The quantitative estimate of drug-likeness (QED) is 0.792. The molecule has 2 N–H and O–H groups in total. The van der Waals surface area contributed by atoms with Crippen molar-refractivity contribution in [3.8, 4) is 5.75 Å². The van der Waals surface area contributed by atoms with Gasteiger partial charge in [-0.25, -0.2) is 0 Å². The number of carbonyl (C=O) groups excluding carboxylic acids is 2. The molecule has 1 aliphatic rings. The summed E-state index contributed by atoms with van der Waals surface area (Å²) in [6, 6.07) is 21.1. The normalized spacial score (nSPS) is 16.0. The predicted octanol–water partition coefficient (Wildman–Crippen LogP) is 2.66. The van der Waals surface area contributed by atoms with Crippen LogP contribution in [-0.2, 0) is 16.0 Å². The second kappa shape index (κ2) is 6.52. The molecule has 0 saturated carbocycles. The number of primary amides is 1. The zero-order valence-electron chi connectivity index (χ0n) is 14.1. The van der Waals surface area contributed by atoms with Crippen molar-refractivity contribution in [3.05, 3.63) is 72.3 Å². The number of hydrogen-bond donors (Lipinski definition) is 1. The molecule has 130 valence electrons. The van der Waals surface area contributed by atoms with Crippen LogP contribution in [-0.4, -0.2) is 24.5 Å². The van der Waals surface area contributed by atoms with E-state index in [-0.39, 0.29) is 18.9 Å². The Morgan fingerprint density at radius 1 is 1.00 bits per heavy atom. The Bertz CT molecular complexity index is 994. The van der Waals surface area contributed by atoms with Crippen LogP contribution in [0.15, 0.2) is 66.7 Å². The van der Waals surface area contributed by atoms with Crippen LogP contribution in [0.3, 0.4) is 0 Å². The van der Waals surface area contributed by atoms with Gasteiger partial charge >= 0.3 is 0 Å². The van der Waals surface area contributed by atoms with E-state index < -0.39 is 12.0 Å². The molecule has 1 unspecified atom stereocenters. The number of para-hydroxylation sites is 2. The van der Waals surface area contributed by atoms with Gasteiger partial charge in [0.25, 0.3) is 5.91 Å². The van der Waals surface area contributed by atoms with Crippen LogP contribution < -0.4 is 15.4 Å². The monoisotopic (exact) mass is 346 g/mol. The molecular weight excluding hydrogens is 328 g/mol. The molecule has 0 bridgehead atoms. The average Bonchev–Trinajstić information content (AvgIpc) is 2.67. The molecule has 1 atom stereocenters. The third kappa shape index (κ3) is 2.88. The highest BCUT2D eigenvalue weighted by atomic mass is 16.5. The maximum Gasteiger partial charge on any atom is 0.260 e. The number of nitrogens with zero attached hydrogens (tertiary/aromatic N) is 1. The summed E-state index contributed by atoms with van der Waals surface area (Å²) in [6.45, 7) is 0.121. The lowest BCUT2D eigenvalue weighted by molar-refractivity contribution is -0.125. The van der Waals surface area contributed by atoms with Crippen LogP contribution in [0.1, 0.15) is 5.56 Å². The number of fused-ring (bicyclic) bond motifs is 2. The molecule has 0 spiro atoms. The first-order chi connectivity index (χ1) is 12.6. The second-order valence-electron chi connectivity index (χ2n) is 6.30. The van der Waals surface area contributed by atoms with E-state index in [1.165, 1.54) is 0 Å². The summed E-state index contributed by atoms with van der Waals surface area (Å²) in [7, 11) is 0. The minimum Gasteiger partial charge on any atom is -0.477 e. The molecule has 3 aromatic rings. The predicted molar refractivity (Wildman–Crippen MR) is 100 cm³/mol. The Balaban J connectivity index is 1.68. The van der Waals surface area contributed by atoms with E-state index in [0.29, 0.717) is 11.4 Å². The van der Waals surface area contributed by atoms with Crippen LogP contribution >= 0.6 is 0 Å². The minimum atomic E-state index is -0.846. The standard InChI is InChI=1S/C21H18N2O3/c22-21(25)19-13-23(17-10-3-4-11-18(17)26-19)20(24)12-15-8-5-7-14-6-1-2-9-16(14)15/h1-11,19H,12-13H2,(H2,22,25). The molecule has 3 aromatic carbocycles. The molecule has 0 aliphatic carbocycles. The van der Waals surface area contributed by atoms with Gasteiger partial charge in [0.15, 0.2) is 6.10 Å². The summed E-state index contributed by atoms with van der Waals surface area (Å²) in [6.07, 6.45) is -0.609. The van der Waals surface area contributed by atoms with Gasteiger partial charge in [-0.05, 0) is 28.5 Å². The van der Waals surface area contributed by atoms with Crippen LogP contribution in [0.25, 0.3) is 10.8 Å². The second-order valence-corrected chi connectivity index (χ2v) is 6.30. The average molecular weight is 346 g/mol. The van der Waals surface area contributed by atoms with Gasteiger partial charge in [0.1, 0.15) is 5.75 Å². The van der Waals surface area contributed by atoms with Gasteiger partial charge in [-0.2, -0.15) is 0 Å². The summed E-state index contributed by atoms with van der Waals surface area (Å²) >= 11 is 0. The number of amides is 2. The van der Waals surface area contributed by atoms with Crippen molar-refractivity contribution >= 4 is 28.3 Å². The molecule has 2 amide bonds. The van der Waals surface area contributed by atoms with E-state index in [2.05, 4.69) is 0 Å². The van der Waals surface area contributed by atoms with Crippen LogP contribution in [0.2, 0.25) is 0 Å². The van der Waals surface area contributed by atoms with Gasteiger partial charge in [0.05, 0.1) is 18.7 Å². The number of hydrogen-bond acceptors (Lipinski definition) is 3. The molecule has 0 fully saturated rings. The van der Waals surface area contributed by atoms with Crippen molar-refractivity contribution in [2.75, 3.05) is 11.4 Å². The largest absolute Gasteiger partial charge is 0.477 e. The first-order valence-corrected chi connectivity index (χ1v) is 8.45. The van der Waals surface area contributed by atoms with Crippen molar-refractivity contribution in [3.63, 3.8) is 0 Å². The molecule has 4 rings (SSSR count). The number of rotatable bonds is 3. The number of carbonyl (C=O) groups is 2. The van der Waals surface area contributed by atoms with Crippen molar-refractivity contribution < 1.29 is 14.3 Å². The minimum absolute atomic E-state index is 0.0941.